The van der Waals surface area contributed by atoms with Gasteiger partial charge in [-0.25, -0.2) is 8.42 Å². The Morgan fingerprint density at radius 1 is 0.885 bits per heavy atom. The lowest BCUT2D eigenvalue weighted by Gasteiger charge is -2.13. The fraction of sp³-hybridized carbons (Fsp3) is 0.0526. The summed E-state index contributed by atoms with van der Waals surface area (Å²) in [6.45, 7) is 0.205. The summed E-state index contributed by atoms with van der Waals surface area (Å²) in [7, 11) is -3.70. The SMILES string of the molecule is O=S(=O)(c1ccc(Cl)cc1)c1ccccc1CNc1cc(Cl)ccc1O. The van der Waals surface area contributed by atoms with Gasteiger partial charge in [0.05, 0.1) is 15.5 Å². The van der Waals surface area contributed by atoms with Crippen molar-refractivity contribution in [3.8, 4) is 5.75 Å². The van der Waals surface area contributed by atoms with Crippen molar-refractivity contribution in [1.29, 1.82) is 0 Å². The van der Waals surface area contributed by atoms with E-state index in [2.05, 4.69) is 5.32 Å². The summed E-state index contributed by atoms with van der Waals surface area (Å²) in [5.74, 6) is 0.0347. The number of anilines is 1. The zero-order valence-corrected chi connectivity index (χ0v) is 15.8. The van der Waals surface area contributed by atoms with E-state index in [4.69, 9.17) is 23.2 Å². The number of nitrogens with one attached hydrogen (secondary N) is 1. The van der Waals surface area contributed by atoms with Crippen LogP contribution in [0.15, 0.2) is 76.5 Å². The average Bonchev–Trinajstić information content (AvgIpc) is 2.63. The van der Waals surface area contributed by atoms with Crippen LogP contribution >= 0.6 is 23.2 Å². The lowest BCUT2D eigenvalue weighted by atomic mass is 10.2. The van der Waals surface area contributed by atoms with Gasteiger partial charge in [-0.3, -0.25) is 0 Å². The maximum atomic E-state index is 13.0. The Morgan fingerprint density at radius 3 is 2.27 bits per heavy atom. The molecule has 0 heterocycles. The first kappa shape index (κ1) is 18.6. The second kappa shape index (κ2) is 7.58. The van der Waals surface area contributed by atoms with Crippen LogP contribution in [0.3, 0.4) is 0 Å². The smallest absolute Gasteiger partial charge is 0.206 e. The number of sulfone groups is 1. The van der Waals surface area contributed by atoms with E-state index in [0.29, 0.717) is 21.3 Å². The number of benzene rings is 3. The number of phenols is 1. The molecule has 0 aliphatic rings. The molecule has 0 aromatic heterocycles. The molecule has 0 spiro atoms. The molecule has 0 aliphatic heterocycles. The monoisotopic (exact) mass is 407 g/mol. The van der Waals surface area contributed by atoms with Gasteiger partial charge in [0.15, 0.2) is 0 Å². The summed E-state index contributed by atoms with van der Waals surface area (Å²) in [6.07, 6.45) is 0. The van der Waals surface area contributed by atoms with Crippen LogP contribution in [-0.4, -0.2) is 13.5 Å². The van der Waals surface area contributed by atoms with E-state index in [0.717, 1.165) is 0 Å². The van der Waals surface area contributed by atoms with Gasteiger partial charge in [-0.1, -0.05) is 41.4 Å². The first-order valence-corrected chi connectivity index (χ1v) is 9.93. The van der Waals surface area contributed by atoms with Crippen molar-refractivity contribution in [3.63, 3.8) is 0 Å². The average molecular weight is 408 g/mol. The highest BCUT2D eigenvalue weighted by atomic mass is 35.5. The zero-order chi connectivity index (χ0) is 18.7. The third-order valence-corrected chi connectivity index (χ3v) is 6.17. The summed E-state index contributed by atoms with van der Waals surface area (Å²) >= 11 is 11.8. The summed E-state index contributed by atoms with van der Waals surface area (Å²) in [4.78, 5) is 0.358. The van der Waals surface area contributed by atoms with Crippen molar-refractivity contribution in [2.24, 2.45) is 0 Å². The molecule has 134 valence electrons. The van der Waals surface area contributed by atoms with Crippen LogP contribution in [0.2, 0.25) is 10.0 Å². The van der Waals surface area contributed by atoms with Crippen LogP contribution in [0.5, 0.6) is 5.75 Å². The summed E-state index contributed by atoms with van der Waals surface area (Å²) in [5, 5.41) is 13.9. The molecule has 3 aromatic rings. The molecule has 0 amide bonds. The molecular formula is C19H15Cl2NO3S. The third-order valence-electron chi connectivity index (χ3n) is 3.81. The van der Waals surface area contributed by atoms with Crippen molar-refractivity contribution >= 4 is 38.7 Å². The van der Waals surface area contributed by atoms with E-state index in [1.165, 1.54) is 18.2 Å². The minimum absolute atomic E-state index is 0.0347. The van der Waals surface area contributed by atoms with Crippen LogP contribution < -0.4 is 5.32 Å². The van der Waals surface area contributed by atoms with Crippen LogP contribution in [0, 0.1) is 0 Å². The van der Waals surface area contributed by atoms with Gasteiger partial charge in [0.1, 0.15) is 5.75 Å². The van der Waals surface area contributed by atoms with Gasteiger partial charge in [0.2, 0.25) is 9.84 Å². The van der Waals surface area contributed by atoms with E-state index in [-0.39, 0.29) is 22.1 Å². The fourth-order valence-corrected chi connectivity index (χ4v) is 4.28. The minimum atomic E-state index is -3.70. The Balaban J connectivity index is 1.93. The Labute approximate surface area is 161 Å². The molecule has 26 heavy (non-hydrogen) atoms. The minimum Gasteiger partial charge on any atom is -0.506 e. The summed E-state index contributed by atoms with van der Waals surface area (Å²) < 4.78 is 25.9. The van der Waals surface area contributed by atoms with Gasteiger partial charge < -0.3 is 10.4 Å². The molecule has 0 saturated carbocycles. The molecule has 4 nitrogen and oxygen atoms in total. The van der Waals surface area contributed by atoms with Gasteiger partial charge in [-0.2, -0.15) is 0 Å². The molecule has 0 bridgehead atoms. The standard InChI is InChI=1S/C19H15Cl2NO3S/c20-14-5-8-16(9-6-14)26(24,25)19-4-2-1-3-13(19)12-22-17-11-15(21)7-10-18(17)23/h1-11,22-23H,12H2. The highest BCUT2D eigenvalue weighted by Gasteiger charge is 2.21. The van der Waals surface area contributed by atoms with Crippen LogP contribution in [0.1, 0.15) is 5.56 Å². The van der Waals surface area contributed by atoms with Crippen molar-refractivity contribution in [2.45, 2.75) is 16.3 Å². The maximum absolute atomic E-state index is 13.0. The normalized spacial score (nSPS) is 11.3. The van der Waals surface area contributed by atoms with Crippen molar-refractivity contribution < 1.29 is 13.5 Å². The fourth-order valence-electron chi connectivity index (χ4n) is 2.49. The van der Waals surface area contributed by atoms with E-state index in [1.54, 1.807) is 48.5 Å². The van der Waals surface area contributed by atoms with Gasteiger partial charge in [0.25, 0.3) is 0 Å². The van der Waals surface area contributed by atoms with E-state index < -0.39 is 9.84 Å². The number of hydrogen-bond acceptors (Lipinski definition) is 4. The van der Waals surface area contributed by atoms with E-state index in [1.807, 2.05) is 0 Å². The molecule has 0 atom stereocenters. The largest absolute Gasteiger partial charge is 0.506 e. The van der Waals surface area contributed by atoms with Gasteiger partial charge in [0, 0.05) is 16.6 Å². The molecule has 2 N–H and O–H groups in total. The zero-order valence-electron chi connectivity index (χ0n) is 13.5. The second-order valence-electron chi connectivity index (χ2n) is 5.58. The molecular weight excluding hydrogens is 393 g/mol. The first-order chi connectivity index (χ1) is 12.4. The number of aromatic hydroxyl groups is 1. The highest BCUT2D eigenvalue weighted by Crippen LogP contribution is 2.29. The quantitative estimate of drug-likeness (QED) is 0.574. The van der Waals surface area contributed by atoms with Crippen LogP contribution in [0.4, 0.5) is 5.69 Å². The number of halogens is 2. The topological polar surface area (TPSA) is 66.4 Å². The number of rotatable bonds is 5. The number of phenolic OH excluding ortho intramolecular Hbond substituents is 1. The molecule has 3 aromatic carbocycles. The lowest BCUT2D eigenvalue weighted by molar-refractivity contribution is 0.477. The van der Waals surface area contributed by atoms with Crippen LogP contribution in [0.25, 0.3) is 0 Å². The Bertz CT molecular complexity index is 1030. The number of hydrogen-bond donors (Lipinski definition) is 2. The molecule has 0 fully saturated rings. The van der Waals surface area contributed by atoms with E-state index >= 15 is 0 Å². The Hall–Kier alpha value is -2.21. The Morgan fingerprint density at radius 2 is 1.54 bits per heavy atom. The van der Waals surface area contributed by atoms with Gasteiger partial charge >= 0.3 is 0 Å². The lowest BCUT2D eigenvalue weighted by Crippen LogP contribution is -2.09. The molecule has 7 heteroatoms. The predicted octanol–water partition coefficient (Wildman–Crippen LogP) is 5.14. The Kier molecular flexibility index (Phi) is 5.41. The van der Waals surface area contributed by atoms with Gasteiger partial charge in [-0.15, -0.1) is 0 Å². The predicted molar refractivity (Wildman–Crippen MR) is 104 cm³/mol. The second-order valence-corrected chi connectivity index (χ2v) is 8.37. The van der Waals surface area contributed by atoms with Crippen LogP contribution in [-0.2, 0) is 16.4 Å². The summed E-state index contributed by atoms with van der Waals surface area (Å²) in [5.41, 5.74) is 0.998. The molecule has 0 saturated heterocycles. The first-order valence-electron chi connectivity index (χ1n) is 7.69. The van der Waals surface area contributed by atoms with E-state index in [9.17, 15) is 13.5 Å². The third kappa shape index (κ3) is 3.96. The summed E-state index contributed by atoms with van der Waals surface area (Å²) in [6, 6.07) is 17.4. The molecule has 0 aliphatic carbocycles. The van der Waals surface area contributed by atoms with Gasteiger partial charge in [-0.05, 0) is 54.1 Å². The van der Waals surface area contributed by atoms with Crippen molar-refractivity contribution in [3.05, 3.63) is 82.3 Å². The van der Waals surface area contributed by atoms with Crippen molar-refractivity contribution in [2.75, 3.05) is 5.32 Å². The van der Waals surface area contributed by atoms with Crippen molar-refractivity contribution in [1.82, 2.24) is 0 Å². The maximum Gasteiger partial charge on any atom is 0.206 e. The highest BCUT2D eigenvalue weighted by molar-refractivity contribution is 7.91. The molecule has 0 unspecified atom stereocenters. The molecule has 0 radical (unpaired) electrons. The molecule has 3 rings (SSSR count).